The number of carbonyl (C=O) groups excluding carboxylic acids is 1. The SMILES string of the molecule is C=C(C)Cn1nnc(C=O)c1C1CCC1. The van der Waals surface area contributed by atoms with Crippen molar-refractivity contribution in [2.24, 2.45) is 0 Å². The van der Waals surface area contributed by atoms with Gasteiger partial charge in [0.1, 0.15) is 5.69 Å². The fourth-order valence-electron chi connectivity index (χ4n) is 1.89. The predicted molar refractivity (Wildman–Crippen MR) is 56.8 cm³/mol. The lowest BCUT2D eigenvalue weighted by Crippen LogP contribution is -2.17. The third kappa shape index (κ3) is 1.84. The molecule has 4 heteroatoms. The van der Waals surface area contributed by atoms with E-state index in [2.05, 4.69) is 16.9 Å². The van der Waals surface area contributed by atoms with Crippen LogP contribution >= 0.6 is 0 Å². The van der Waals surface area contributed by atoms with Crippen LogP contribution in [0.25, 0.3) is 0 Å². The Morgan fingerprint density at radius 2 is 2.40 bits per heavy atom. The Hall–Kier alpha value is -1.45. The molecule has 1 aliphatic rings. The molecule has 0 aliphatic heterocycles. The van der Waals surface area contributed by atoms with Crippen LogP contribution in [-0.2, 0) is 6.54 Å². The van der Waals surface area contributed by atoms with E-state index in [1.54, 1.807) is 0 Å². The van der Waals surface area contributed by atoms with Gasteiger partial charge in [0.15, 0.2) is 6.29 Å². The highest BCUT2D eigenvalue weighted by Gasteiger charge is 2.27. The number of nitrogens with zero attached hydrogens (tertiary/aromatic N) is 3. The molecule has 80 valence electrons. The molecule has 1 aromatic rings. The van der Waals surface area contributed by atoms with E-state index >= 15 is 0 Å². The highest BCUT2D eigenvalue weighted by atomic mass is 16.1. The first-order valence-corrected chi connectivity index (χ1v) is 5.25. The van der Waals surface area contributed by atoms with Crippen molar-refractivity contribution in [1.82, 2.24) is 15.0 Å². The van der Waals surface area contributed by atoms with Crippen LogP contribution in [0.2, 0.25) is 0 Å². The van der Waals surface area contributed by atoms with Crippen molar-refractivity contribution in [3.8, 4) is 0 Å². The summed E-state index contributed by atoms with van der Waals surface area (Å²) in [6.07, 6.45) is 4.32. The lowest BCUT2D eigenvalue weighted by Gasteiger charge is -2.26. The smallest absolute Gasteiger partial charge is 0.172 e. The van der Waals surface area contributed by atoms with Crippen LogP contribution in [0, 0.1) is 0 Å². The van der Waals surface area contributed by atoms with Crippen molar-refractivity contribution < 1.29 is 4.79 Å². The summed E-state index contributed by atoms with van der Waals surface area (Å²) >= 11 is 0. The monoisotopic (exact) mass is 205 g/mol. The minimum absolute atomic E-state index is 0.472. The van der Waals surface area contributed by atoms with Crippen molar-refractivity contribution >= 4 is 6.29 Å². The molecule has 4 nitrogen and oxygen atoms in total. The standard InChI is InChI=1S/C11H15N3O/c1-8(2)6-14-11(9-4-3-5-9)10(7-15)12-13-14/h7,9H,1,3-6H2,2H3. The van der Waals surface area contributed by atoms with Gasteiger partial charge in [0, 0.05) is 5.92 Å². The molecular formula is C11H15N3O. The fraction of sp³-hybridized carbons (Fsp3) is 0.545. The lowest BCUT2D eigenvalue weighted by molar-refractivity contribution is 0.111. The molecule has 0 radical (unpaired) electrons. The van der Waals surface area contributed by atoms with Gasteiger partial charge in [-0.15, -0.1) is 5.10 Å². The minimum atomic E-state index is 0.472. The van der Waals surface area contributed by atoms with Crippen molar-refractivity contribution in [3.63, 3.8) is 0 Å². The topological polar surface area (TPSA) is 47.8 Å². The Labute approximate surface area is 89.0 Å². The van der Waals surface area contributed by atoms with Crippen LogP contribution in [0.1, 0.15) is 48.3 Å². The Morgan fingerprint density at radius 3 is 2.87 bits per heavy atom. The average molecular weight is 205 g/mol. The predicted octanol–water partition coefficient (Wildman–Crippen LogP) is 1.93. The Bertz CT molecular complexity index is 391. The number of carbonyl (C=O) groups is 1. The highest BCUT2D eigenvalue weighted by molar-refractivity contribution is 5.73. The van der Waals surface area contributed by atoms with Crippen LogP contribution in [0.4, 0.5) is 0 Å². The van der Waals surface area contributed by atoms with Crippen LogP contribution < -0.4 is 0 Å². The van der Waals surface area contributed by atoms with Gasteiger partial charge in [-0.1, -0.05) is 23.8 Å². The van der Waals surface area contributed by atoms with Gasteiger partial charge in [0.25, 0.3) is 0 Å². The van der Waals surface area contributed by atoms with E-state index < -0.39 is 0 Å². The van der Waals surface area contributed by atoms with Crippen molar-refractivity contribution in [1.29, 1.82) is 0 Å². The normalized spacial score (nSPS) is 16.1. The summed E-state index contributed by atoms with van der Waals surface area (Å²) in [7, 11) is 0. The summed E-state index contributed by atoms with van der Waals surface area (Å²) in [6, 6.07) is 0. The van der Waals surface area contributed by atoms with Crippen LogP contribution in [-0.4, -0.2) is 21.3 Å². The van der Waals surface area contributed by atoms with Crippen molar-refractivity contribution in [2.75, 3.05) is 0 Å². The number of allylic oxidation sites excluding steroid dienone is 1. The van der Waals surface area contributed by atoms with Gasteiger partial charge in [0.05, 0.1) is 12.2 Å². The van der Waals surface area contributed by atoms with Crippen molar-refractivity contribution in [3.05, 3.63) is 23.5 Å². The van der Waals surface area contributed by atoms with Crippen LogP contribution in [0.5, 0.6) is 0 Å². The van der Waals surface area contributed by atoms with Gasteiger partial charge in [-0.2, -0.15) is 0 Å². The molecule has 0 atom stereocenters. The zero-order valence-corrected chi connectivity index (χ0v) is 8.94. The maximum atomic E-state index is 10.8. The summed E-state index contributed by atoms with van der Waals surface area (Å²) < 4.78 is 1.82. The summed E-state index contributed by atoms with van der Waals surface area (Å²) in [5.41, 5.74) is 2.53. The summed E-state index contributed by atoms with van der Waals surface area (Å²) in [6.45, 7) is 6.46. The molecule has 0 N–H and O–H groups in total. The van der Waals surface area contributed by atoms with Gasteiger partial charge in [0.2, 0.25) is 0 Å². The van der Waals surface area contributed by atoms with Gasteiger partial charge in [-0.25, -0.2) is 4.68 Å². The molecule has 0 saturated heterocycles. The van der Waals surface area contributed by atoms with Gasteiger partial charge >= 0.3 is 0 Å². The third-order valence-corrected chi connectivity index (χ3v) is 2.82. The Balaban J connectivity index is 2.32. The zero-order valence-electron chi connectivity index (χ0n) is 8.94. The van der Waals surface area contributed by atoms with E-state index in [-0.39, 0.29) is 0 Å². The minimum Gasteiger partial charge on any atom is -0.296 e. The second kappa shape index (κ2) is 3.96. The number of hydrogen-bond acceptors (Lipinski definition) is 3. The largest absolute Gasteiger partial charge is 0.296 e. The van der Waals surface area contributed by atoms with Crippen LogP contribution in [0.3, 0.4) is 0 Å². The molecule has 0 bridgehead atoms. The molecule has 1 aromatic heterocycles. The molecular weight excluding hydrogens is 190 g/mol. The Kier molecular flexibility index (Phi) is 2.66. The molecule has 1 fully saturated rings. The first-order chi connectivity index (χ1) is 7.22. The van der Waals surface area contributed by atoms with Gasteiger partial charge in [-0.05, 0) is 19.8 Å². The zero-order chi connectivity index (χ0) is 10.8. The first kappa shape index (κ1) is 10.1. The maximum absolute atomic E-state index is 10.8. The van der Waals surface area contributed by atoms with E-state index in [1.165, 1.54) is 6.42 Å². The lowest BCUT2D eigenvalue weighted by atomic mass is 9.82. The van der Waals surface area contributed by atoms with Crippen molar-refractivity contribution in [2.45, 2.75) is 38.6 Å². The van der Waals surface area contributed by atoms with E-state index in [0.29, 0.717) is 18.2 Å². The second-order valence-electron chi connectivity index (χ2n) is 4.22. The van der Waals surface area contributed by atoms with Gasteiger partial charge < -0.3 is 0 Å². The number of hydrogen-bond donors (Lipinski definition) is 0. The van der Waals surface area contributed by atoms with E-state index in [1.807, 2.05) is 11.6 Å². The molecule has 1 aliphatic carbocycles. The van der Waals surface area contributed by atoms with E-state index in [0.717, 1.165) is 30.4 Å². The molecule has 2 rings (SSSR count). The van der Waals surface area contributed by atoms with E-state index in [4.69, 9.17) is 0 Å². The van der Waals surface area contributed by atoms with E-state index in [9.17, 15) is 4.79 Å². The maximum Gasteiger partial charge on any atom is 0.172 e. The molecule has 0 amide bonds. The van der Waals surface area contributed by atoms with Crippen LogP contribution in [0.15, 0.2) is 12.2 Å². The molecule has 1 saturated carbocycles. The first-order valence-electron chi connectivity index (χ1n) is 5.25. The number of aromatic nitrogens is 3. The molecule has 15 heavy (non-hydrogen) atoms. The molecule has 0 unspecified atom stereocenters. The summed E-state index contributed by atoms with van der Waals surface area (Å²) in [5, 5.41) is 7.90. The Morgan fingerprint density at radius 1 is 1.67 bits per heavy atom. The number of rotatable bonds is 4. The second-order valence-corrected chi connectivity index (χ2v) is 4.22. The molecule has 0 aromatic carbocycles. The third-order valence-electron chi connectivity index (χ3n) is 2.82. The average Bonchev–Trinajstić information content (AvgIpc) is 2.45. The number of aldehydes is 1. The molecule has 1 heterocycles. The molecule has 0 spiro atoms. The highest BCUT2D eigenvalue weighted by Crippen LogP contribution is 2.37. The quantitative estimate of drug-likeness (QED) is 0.557. The summed E-state index contributed by atoms with van der Waals surface area (Å²) in [5.74, 6) is 0.472. The van der Waals surface area contributed by atoms with Gasteiger partial charge in [-0.3, -0.25) is 4.79 Å². The summed E-state index contributed by atoms with van der Waals surface area (Å²) in [4.78, 5) is 10.8. The fourth-order valence-corrected chi connectivity index (χ4v) is 1.89.